The molecule has 0 radical (unpaired) electrons. The van der Waals surface area contributed by atoms with E-state index in [4.69, 9.17) is 10.3 Å². The van der Waals surface area contributed by atoms with Crippen LogP contribution < -0.4 is 5.73 Å². The van der Waals surface area contributed by atoms with Crippen LogP contribution in [-0.2, 0) is 17.8 Å². The van der Waals surface area contributed by atoms with Crippen LogP contribution in [0.15, 0.2) is 4.52 Å². The number of aromatic nitrogens is 2. The lowest BCUT2D eigenvalue weighted by Crippen LogP contribution is -2.39. The first-order valence-corrected chi connectivity index (χ1v) is 6.62. The summed E-state index contributed by atoms with van der Waals surface area (Å²) in [5.41, 5.74) is 5.69. The monoisotopic (exact) mass is 311 g/mol. The van der Waals surface area contributed by atoms with Gasteiger partial charge in [-0.3, -0.25) is 0 Å². The molecule has 1 saturated carbocycles. The van der Waals surface area contributed by atoms with E-state index < -0.39 is 25.6 Å². The first kappa shape index (κ1) is 16.2. The fourth-order valence-electron chi connectivity index (χ4n) is 2.21. The third kappa shape index (κ3) is 3.91. The predicted octanol–water partition coefficient (Wildman–Crippen LogP) is 2.16. The van der Waals surface area contributed by atoms with E-state index in [0.29, 0.717) is 18.9 Å². The lowest BCUT2D eigenvalue weighted by molar-refractivity contribution is -0.168. The van der Waals surface area contributed by atoms with Crippen molar-refractivity contribution in [3.63, 3.8) is 0 Å². The molecule has 2 N–H and O–H groups in total. The molecule has 1 fully saturated rings. The van der Waals surface area contributed by atoms with Crippen molar-refractivity contribution in [2.75, 3.05) is 13.2 Å². The zero-order valence-electron chi connectivity index (χ0n) is 11.3. The lowest BCUT2D eigenvalue weighted by atomic mass is 9.67. The van der Waals surface area contributed by atoms with E-state index in [9.17, 15) is 17.6 Å². The quantitative estimate of drug-likeness (QED) is 0.745. The summed E-state index contributed by atoms with van der Waals surface area (Å²) in [6, 6.07) is 0. The molecule has 0 amide bonds. The second kappa shape index (κ2) is 6.27. The second-order valence-corrected chi connectivity index (χ2v) is 5.39. The summed E-state index contributed by atoms with van der Waals surface area (Å²) in [6.07, 6.45) is -0.161. The molecule has 0 unspecified atom stereocenters. The number of hydrogen-bond donors (Lipinski definition) is 1. The number of nitrogens with zero attached hydrogens (tertiary/aromatic N) is 2. The molecule has 2 rings (SSSR count). The van der Waals surface area contributed by atoms with Crippen LogP contribution in [0.1, 0.15) is 31.0 Å². The van der Waals surface area contributed by atoms with E-state index in [1.165, 1.54) is 0 Å². The molecule has 9 heteroatoms. The Bertz CT molecular complexity index is 458. The van der Waals surface area contributed by atoms with Crippen LogP contribution >= 0.6 is 0 Å². The highest BCUT2D eigenvalue weighted by atomic mass is 19.3. The molecule has 0 bridgehead atoms. The highest BCUT2D eigenvalue weighted by Crippen LogP contribution is 2.42. The van der Waals surface area contributed by atoms with E-state index in [-0.39, 0.29) is 11.2 Å². The second-order valence-electron chi connectivity index (χ2n) is 5.39. The van der Waals surface area contributed by atoms with Gasteiger partial charge in [0, 0.05) is 6.42 Å². The Kier molecular flexibility index (Phi) is 4.82. The van der Waals surface area contributed by atoms with Gasteiger partial charge in [-0.1, -0.05) is 11.6 Å². The topological polar surface area (TPSA) is 74.2 Å². The molecule has 1 heterocycles. The largest absolute Gasteiger partial charge is 0.367 e. The molecule has 0 aromatic carbocycles. The van der Waals surface area contributed by atoms with Gasteiger partial charge in [0.25, 0.3) is 0 Å². The van der Waals surface area contributed by atoms with Crippen LogP contribution in [0.4, 0.5) is 17.6 Å². The Hall–Kier alpha value is -1.22. The Morgan fingerprint density at radius 3 is 2.62 bits per heavy atom. The molecule has 1 aromatic rings. The van der Waals surface area contributed by atoms with Gasteiger partial charge in [-0.25, -0.2) is 8.78 Å². The number of hydrogen-bond acceptors (Lipinski definition) is 5. The highest BCUT2D eigenvalue weighted by Gasteiger charge is 2.41. The summed E-state index contributed by atoms with van der Waals surface area (Å²) < 4.78 is 58.6. The summed E-state index contributed by atoms with van der Waals surface area (Å²) in [5, 5.41) is 3.57. The minimum Gasteiger partial charge on any atom is -0.367 e. The Labute approximate surface area is 118 Å². The Morgan fingerprint density at radius 1 is 1.38 bits per heavy atom. The molecule has 0 atom stereocenters. The summed E-state index contributed by atoms with van der Waals surface area (Å²) in [5.74, 6) is -3.76. The van der Waals surface area contributed by atoms with Crippen LogP contribution in [0.3, 0.4) is 0 Å². The smallest absolute Gasteiger partial charge is 0.330 e. The fraction of sp³-hybridized carbons (Fsp3) is 0.833. The van der Waals surface area contributed by atoms with Gasteiger partial charge >= 0.3 is 12.3 Å². The minimum absolute atomic E-state index is 0.0205. The first-order valence-electron chi connectivity index (χ1n) is 6.62. The molecule has 5 nitrogen and oxygen atoms in total. The molecule has 21 heavy (non-hydrogen) atoms. The summed E-state index contributed by atoms with van der Waals surface area (Å²) in [4.78, 5) is 4.00. The highest BCUT2D eigenvalue weighted by molar-refractivity contribution is 4.97. The minimum atomic E-state index is -4.18. The summed E-state index contributed by atoms with van der Waals surface area (Å²) >= 11 is 0. The van der Waals surface area contributed by atoms with Gasteiger partial charge in [0.15, 0.2) is 5.82 Å². The normalized spacial score (nSPS) is 18.0. The maximum absolute atomic E-state index is 12.6. The lowest BCUT2D eigenvalue weighted by Gasteiger charge is -2.39. The van der Waals surface area contributed by atoms with Gasteiger partial charge < -0.3 is 15.0 Å². The van der Waals surface area contributed by atoms with E-state index in [2.05, 4.69) is 14.9 Å². The zero-order valence-corrected chi connectivity index (χ0v) is 11.3. The van der Waals surface area contributed by atoms with Gasteiger partial charge in [-0.2, -0.15) is 13.8 Å². The summed E-state index contributed by atoms with van der Waals surface area (Å²) in [6.45, 7) is -1.27. The maximum Gasteiger partial charge on any atom is 0.330 e. The number of alkyl halides is 4. The average Bonchev–Trinajstić information content (AvgIpc) is 2.81. The molecule has 1 aliphatic rings. The third-order valence-electron chi connectivity index (χ3n) is 3.73. The molecule has 0 spiro atoms. The third-order valence-corrected chi connectivity index (χ3v) is 3.73. The number of nitrogens with two attached hydrogens (primary N) is 1. The van der Waals surface area contributed by atoms with Crippen molar-refractivity contribution in [1.82, 2.24) is 10.1 Å². The van der Waals surface area contributed by atoms with E-state index in [1.807, 2.05) is 0 Å². The van der Waals surface area contributed by atoms with Crippen LogP contribution in [0.25, 0.3) is 0 Å². The van der Waals surface area contributed by atoms with E-state index >= 15 is 0 Å². The van der Waals surface area contributed by atoms with Crippen LogP contribution in [0.5, 0.6) is 0 Å². The molecular weight excluding hydrogens is 294 g/mol. The number of ether oxygens (including phenoxy) is 1. The van der Waals surface area contributed by atoms with Gasteiger partial charge in [-0.15, -0.1) is 0 Å². The molecule has 1 aliphatic carbocycles. The number of rotatable bonds is 8. The fourth-order valence-corrected chi connectivity index (χ4v) is 2.21. The van der Waals surface area contributed by atoms with Gasteiger partial charge in [0.05, 0.1) is 0 Å². The van der Waals surface area contributed by atoms with Crippen molar-refractivity contribution in [3.05, 3.63) is 11.7 Å². The van der Waals surface area contributed by atoms with E-state index in [0.717, 1.165) is 19.3 Å². The van der Waals surface area contributed by atoms with Gasteiger partial charge in [0.2, 0.25) is 5.89 Å². The number of halogens is 4. The van der Waals surface area contributed by atoms with E-state index in [1.54, 1.807) is 0 Å². The van der Waals surface area contributed by atoms with Crippen molar-refractivity contribution in [1.29, 1.82) is 0 Å². The van der Waals surface area contributed by atoms with Gasteiger partial charge in [0.1, 0.15) is 13.2 Å². The standard InChI is InChI=1S/C12H17F4N3O2/c13-10(14)12(15,16)7-20-5-8-18-9(21-19-8)4-11(6-17)2-1-3-11/h10H,1-7,17H2. The van der Waals surface area contributed by atoms with Crippen molar-refractivity contribution in [2.45, 2.75) is 44.6 Å². The maximum atomic E-state index is 12.6. The van der Waals surface area contributed by atoms with Crippen molar-refractivity contribution >= 4 is 0 Å². The van der Waals surface area contributed by atoms with Crippen molar-refractivity contribution in [3.8, 4) is 0 Å². The molecule has 0 aliphatic heterocycles. The average molecular weight is 311 g/mol. The van der Waals surface area contributed by atoms with Crippen molar-refractivity contribution < 1.29 is 26.8 Å². The molecule has 0 saturated heterocycles. The molecule has 120 valence electrons. The molecular formula is C12H17F4N3O2. The SMILES string of the molecule is NCC1(Cc2nc(COCC(F)(F)C(F)F)no2)CCC1. The van der Waals surface area contributed by atoms with Crippen LogP contribution in [0, 0.1) is 5.41 Å². The predicted molar refractivity (Wildman–Crippen MR) is 63.9 cm³/mol. The zero-order chi connectivity index (χ0) is 15.5. The van der Waals surface area contributed by atoms with Crippen LogP contribution in [-0.4, -0.2) is 35.6 Å². The Balaban J connectivity index is 1.81. The summed E-state index contributed by atoms with van der Waals surface area (Å²) in [7, 11) is 0. The first-order chi connectivity index (χ1) is 9.87. The molecule has 1 aromatic heterocycles. The Morgan fingerprint density at radius 2 is 2.10 bits per heavy atom. The van der Waals surface area contributed by atoms with Gasteiger partial charge in [-0.05, 0) is 24.8 Å². The van der Waals surface area contributed by atoms with Crippen LogP contribution in [0.2, 0.25) is 0 Å². The van der Waals surface area contributed by atoms with Crippen molar-refractivity contribution in [2.24, 2.45) is 11.1 Å².